The molecule has 0 spiro atoms. The minimum Gasteiger partial charge on any atom is -0.496 e. The molecule has 28 heavy (non-hydrogen) atoms. The standard InChI is InChI=1S/C21H25N3O4/c1-14(2)12-22-20(26)21(27)24-17-10-6-5-9-16(17)19(25)23-13-15-8-4-7-11-18(15)28-3/h4-11,14H,12-13H2,1-3H3,(H,22,26)(H,23,25)(H,24,27). The van der Waals surface area contributed by atoms with Crippen LogP contribution in [-0.4, -0.2) is 31.4 Å². The first-order valence-corrected chi connectivity index (χ1v) is 9.00. The van der Waals surface area contributed by atoms with Gasteiger partial charge in [-0.25, -0.2) is 0 Å². The van der Waals surface area contributed by atoms with Crippen LogP contribution in [0.15, 0.2) is 48.5 Å². The molecule has 2 rings (SSSR count). The zero-order valence-corrected chi connectivity index (χ0v) is 16.2. The summed E-state index contributed by atoms with van der Waals surface area (Å²) in [5, 5.41) is 7.85. The number of hydrogen-bond acceptors (Lipinski definition) is 4. The maximum Gasteiger partial charge on any atom is 0.313 e. The van der Waals surface area contributed by atoms with Crippen LogP contribution >= 0.6 is 0 Å². The van der Waals surface area contributed by atoms with Gasteiger partial charge in [0.05, 0.1) is 18.4 Å². The highest BCUT2D eigenvalue weighted by atomic mass is 16.5. The second kappa shape index (κ2) is 10.1. The van der Waals surface area contributed by atoms with Crippen molar-refractivity contribution in [2.45, 2.75) is 20.4 Å². The highest BCUT2D eigenvalue weighted by molar-refractivity contribution is 6.40. The van der Waals surface area contributed by atoms with Crippen LogP contribution in [0, 0.1) is 5.92 Å². The molecular weight excluding hydrogens is 358 g/mol. The maximum absolute atomic E-state index is 12.6. The molecule has 7 nitrogen and oxygen atoms in total. The lowest BCUT2D eigenvalue weighted by Crippen LogP contribution is -2.37. The van der Waals surface area contributed by atoms with Crippen molar-refractivity contribution in [2.24, 2.45) is 5.92 Å². The third kappa shape index (κ3) is 5.84. The molecule has 7 heteroatoms. The number of rotatable bonds is 7. The Balaban J connectivity index is 2.05. The fourth-order valence-corrected chi connectivity index (χ4v) is 2.47. The highest BCUT2D eigenvalue weighted by Crippen LogP contribution is 2.18. The quantitative estimate of drug-likeness (QED) is 0.640. The van der Waals surface area contributed by atoms with Crippen molar-refractivity contribution in [3.8, 4) is 5.75 Å². The predicted octanol–water partition coefficient (Wildman–Crippen LogP) is 2.34. The van der Waals surface area contributed by atoms with Gasteiger partial charge in [-0.1, -0.05) is 44.2 Å². The van der Waals surface area contributed by atoms with Gasteiger partial charge in [0.1, 0.15) is 5.75 Å². The summed E-state index contributed by atoms with van der Waals surface area (Å²) in [6, 6.07) is 13.9. The van der Waals surface area contributed by atoms with E-state index in [2.05, 4.69) is 16.0 Å². The first kappa shape index (κ1) is 21.0. The van der Waals surface area contributed by atoms with E-state index in [9.17, 15) is 14.4 Å². The fourth-order valence-electron chi connectivity index (χ4n) is 2.47. The molecule has 148 valence electrons. The van der Waals surface area contributed by atoms with Crippen molar-refractivity contribution < 1.29 is 19.1 Å². The van der Waals surface area contributed by atoms with Crippen LogP contribution in [0.3, 0.4) is 0 Å². The van der Waals surface area contributed by atoms with Crippen LogP contribution in [0.25, 0.3) is 0 Å². The van der Waals surface area contributed by atoms with Crippen LogP contribution in [0.1, 0.15) is 29.8 Å². The summed E-state index contributed by atoms with van der Waals surface area (Å²) >= 11 is 0. The molecule has 0 heterocycles. The number of benzene rings is 2. The molecule has 2 aromatic rings. The smallest absolute Gasteiger partial charge is 0.313 e. The molecule has 0 saturated heterocycles. The van der Waals surface area contributed by atoms with E-state index in [0.29, 0.717) is 12.3 Å². The molecule has 0 aliphatic heterocycles. The molecule has 0 aliphatic rings. The Labute approximate surface area is 164 Å². The first-order chi connectivity index (χ1) is 13.4. The number of nitrogens with one attached hydrogen (secondary N) is 3. The molecule has 0 bridgehead atoms. The van der Waals surface area contributed by atoms with Gasteiger partial charge < -0.3 is 20.7 Å². The van der Waals surface area contributed by atoms with Gasteiger partial charge >= 0.3 is 11.8 Å². The summed E-state index contributed by atoms with van der Waals surface area (Å²) in [7, 11) is 1.57. The van der Waals surface area contributed by atoms with Gasteiger partial charge in [-0.15, -0.1) is 0 Å². The number of carbonyl (C=O) groups excluding carboxylic acids is 3. The third-order valence-electron chi connectivity index (χ3n) is 3.93. The van der Waals surface area contributed by atoms with Gasteiger partial charge in [-0.05, 0) is 24.1 Å². The molecule has 0 fully saturated rings. The summed E-state index contributed by atoms with van der Waals surface area (Å²) in [6.45, 7) is 4.52. The Morgan fingerprint density at radius 1 is 0.929 bits per heavy atom. The van der Waals surface area contributed by atoms with Crippen molar-refractivity contribution in [3.63, 3.8) is 0 Å². The molecular formula is C21H25N3O4. The van der Waals surface area contributed by atoms with Crippen molar-refractivity contribution in [1.82, 2.24) is 10.6 Å². The molecule has 0 saturated carbocycles. The summed E-state index contributed by atoms with van der Waals surface area (Å²) in [6.07, 6.45) is 0. The third-order valence-corrected chi connectivity index (χ3v) is 3.93. The Bertz CT molecular complexity index is 849. The monoisotopic (exact) mass is 383 g/mol. The summed E-state index contributed by atoms with van der Waals surface area (Å²) in [5.74, 6) is -1.02. The van der Waals surface area contributed by atoms with Gasteiger partial charge in [0, 0.05) is 18.7 Å². The van der Waals surface area contributed by atoms with Gasteiger partial charge in [0.2, 0.25) is 0 Å². The summed E-state index contributed by atoms with van der Waals surface area (Å²) in [4.78, 5) is 36.6. The molecule has 2 aromatic carbocycles. The zero-order valence-electron chi connectivity index (χ0n) is 16.2. The summed E-state index contributed by atoms with van der Waals surface area (Å²) < 4.78 is 5.27. The van der Waals surface area contributed by atoms with Gasteiger partial charge in [0.25, 0.3) is 5.91 Å². The SMILES string of the molecule is COc1ccccc1CNC(=O)c1ccccc1NC(=O)C(=O)NCC(C)C. The lowest BCUT2D eigenvalue weighted by atomic mass is 10.1. The zero-order chi connectivity index (χ0) is 20.5. The molecule has 0 aromatic heterocycles. The van der Waals surface area contributed by atoms with E-state index >= 15 is 0 Å². The topological polar surface area (TPSA) is 96.5 Å². The Kier molecular flexibility index (Phi) is 7.56. The van der Waals surface area contributed by atoms with Gasteiger partial charge in [0.15, 0.2) is 0 Å². The molecule has 0 radical (unpaired) electrons. The van der Waals surface area contributed by atoms with Crippen molar-refractivity contribution in [2.75, 3.05) is 19.0 Å². The van der Waals surface area contributed by atoms with E-state index in [1.54, 1.807) is 31.4 Å². The van der Waals surface area contributed by atoms with E-state index in [0.717, 1.165) is 5.56 Å². The lowest BCUT2D eigenvalue weighted by molar-refractivity contribution is -0.136. The van der Waals surface area contributed by atoms with Crippen molar-refractivity contribution in [1.29, 1.82) is 0 Å². The number of ether oxygens (including phenoxy) is 1. The number of carbonyl (C=O) groups is 3. The maximum atomic E-state index is 12.6. The van der Waals surface area contributed by atoms with E-state index in [4.69, 9.17) is 4.74 Å². The van der Waals surface area contributed by atoms with Gasteiger partial charge in [-0.2, -0.15) is 0 Å². The largest absolute Gasteiger partial charge is 0.496 e. The van der Waals surface area contributed by atoms with Crippen LogP contribution in [0.5, 0.6) is 5.75 Å². The number of methoxy groups -OCH3 is 1. The number of anilines is 1. The Morgan fingerprint density at radius 3 is 2.32 bits per heavy atom. The normalized spacial score (nSPS) is 10.3. The minimum atomic E-state index is -0.814. The molecule has 0 unspecified atom stereocenters. The fraction of sp³-hybridized carbons (Fsp3) is 0.286. The minimum absolute atomic E-state index is 0.227. The molecule has 0 aliphatic carbocycles. The van der Waals surface area contributed by atoms with Crippen molar-refractivity contribution >= 4 is 23.4 Å². The van der Waals surface area contributed by atoms with E-state index in [1.807, 2.05) is 38.1 Å². The molecule has 3 amide bonds. The van der Waals surface area contributed by atoms with E-state index in [1.165, 1.54) is 0 Å². The second-order valence-electron chi connectivity index (χ2n) is 6.60. The van der Waals surface area contributed by atoms with E-state index < -0.39 is 11.8 Å². The predicted molar refractivity (Wildman–Crippen MR) is 107 cm³/mol. The highest BCUT2D eigenvalue weighted by Gasteiger charge is 2.18. The van der Waals surface area contributed by atoms with Crippen LogP contribution in [-0.2, 0) is 16.1 Å². The van der Waals surface area contributed by atoms with Crippen LogP contribution < -0.4 is 20.7 Å². The summed E-state index contributed by atoms with van der Waals surface area (Å²) in [5.41, 5.74) is 1.36. The number of amides is 3. The average Bonchev–Trinajstić information content (AvgIpc) is 2.70. The molecule has 0 atom stereocenters. The average molecular weight is 383 g/mol. The van der Waals surface area contributed by atoms with Crippen LogP contribution in [0.4, 0.5) is 5.69 Å². The Morgan fingerprint density at radius 2 is 1.61 bits per heavy atom. The molecule has 3 N–H and O–H groups in total. The van der Waals surface area contributed by atoms with E-state index in [-0.39, 0.29) is 29.6 Å². The number of hydrogen-bond donors (Lipinski definition) is 3. The van der Waals surface area contributed by atoms with Gasteiger partial charge in [-0.3, -0.25) is 14.4 Å². The van der Waals surface area contributed by atoms with Crippen LogP contribution in [0.2, 0.25) is 0 Å². The number of para-hydroxylation sites is 2. The lowest BCUT2D eigenvalue weighted by Gasteiger charge is -2.13. The van der Waals surface area contributed by atoms with Crippen molar-refractivity contribution in [3.05, 3.63) is 59.7 Å². The second-order valence-corrected chi connectivity index (χ2v) is 6.60. The Hall–Kier alpha value is -3.35. The first-order valence-electron chi connectivity index (χ1n) is 9.00.